The van der Waals surface area contributed by atoms with Crippen LogP contribution >= 0.6 is 0 Å². The predicted octanol–water partition coefficient (Wildman–Crippen LogP) is 0.829. The summed E-state index contributed by atoms with van der Waals surface area (Å²) < 4.78 is 37.2. The molecule has 1 aromatic carbocycles. The van der Waals surface area contributed by atoms with E-state index in [0.717, 1.165) is 33.3 Å². The summed E-state index contributed by atoms with van der Waals surface area (Å²) in [5.41, 5.74) is 0.758. The molecule has 35 heavy (non-hydrogen) atoms. The fourth-order valence-corrected chi connectivity index (χ4v) is 3.25. The Morgan fingerprint density at radius 3 is 1.89 bits per heavy atom. The quantitative estimate of drug-likeness (QED) is 0.333. The summed E-state index contributed by atoms with van der Waals surface area (Å²) in [6.07, 6.45) is -6.76. The molecule has 0 saturated carbocycles. The van der Waals surface area contributed by atoms with Gasteiger partial charge in [0.15, 0.2) is 24.6 Å². The van der Waals surface area contributed by atoms with E-state index in [1.165, 1.54) is 0 Å². The number of rotatable bonds is 10. The molecule has 0 aliphatic carbocycles. The van der Waals surface area contributed by atoms with Crippen LogP contribution in [0.3, 0.4) is 0 Å². The van der Waals surface area contributed by atoms with Crippen molar-refractivity contribution < 1.29 is 57.1 Å². The van der Waals surface area contributed by atoms with Gasteiger partial charge < -0.3 is 33.2 Å². The van der Waals surface area contributed by atoms with Crippen LogP contribution in [0.25, 0.3) is 0 Å². The van der Waals surface area contributed by atoms with Gasteiger partial charge in [-0.1, -0.05) is 30.3 Å². The highest BCUT2D eigenvalue weighted by molar-refractivity contribution is 5.71. The third-order valence-electron chi connectivity index (χ3n) is 4.56. The molecule has 1 aromatic rings. The maximum absolute atomic E-state index is 12.2. The lowest BCUT2D eigenvalue weighted by molar-refractivity contribution is -0.307. The zero-order valence-corrected chi connectivity index (χ0v) is 19.8. The van der Waals surface area contributed by atoms with Gasteiger partial charge in [-0.2, -0.15) is 0 Å². The number of carbonyl (C=O) groups excluding carboxylic acids is 5. The second-order valence-electron chi connectivity index (χ2n) is 7.52. The summed E-state index contributed by atoms with van der Waals surface area (Å²) in [6, 6.07) is 8.94. The average molecular weight is 496 g/mol. The van der Waals surface area contributed by atoms with Crippen molar-refractivity contribution in [3.63, 3.8) is 0 Å². The maximum Gasteiger partial charge on any atom is 0.332 e. The molecule has 1 heterocycles. The Balaban J connectivity index is 2.21. The molecule has 0 aromatic heterocycles. The van der Waals surface area contributed by atoms with Crippen molar-refractivity contribution in [3.8, 4) is 0 Å². The van der Waals surface area contributed by atoms with Crippen LogP contribution in [0.4, 0.5) is 0 Å². The third-order valence-corrected chi connectivity index (χ3v) is 4.56. The first-order chi connectivity index (χ1) is 16.6. The van der Waals surface area contributed by atoms with E-state index in [1.54, 1.807) is 24.3 Å². The van der Waals surface area contributed by atoms with Crippen molar-refractivity contribution in [3.05, 3.63) is 35.9 Å². The molecule has 0 amide bonds. The van der Waals surface area contributed by atoms with Crippen LogP contribution in [0.2, 0.25) is 0 Å². The Morgan fingerprint density at radius 2 is 1.31 bits per heavy atom. The molecule has 0 N–H and O–H groups in total. The molecule has 2 rings (SSSR count). The monoisotopic (exact) mass is 496 g/mol. The zero-order chi connectivity index (χ0) is 26.0. The van der Waals surface area contributed by atoms with E-state index in [2.05, 4.69) is 0 Å². The minimum atomic E-state index is -1.46. The van der Waals surface area contributed by atoms with Crippen molar-refractivity contribution in [1.29, 1.82) is 0 Å². The Bertz CT molecular complexity index is 899. The molecule has 5 atom stereocenters. The minimum Gasteiger partial charge on any atom is -0.463 e. The first kappa shape index (κ1) is 27.7. The highest BCUT2D eigenvalue weighted by Crippen LogP contribution is 2.30. The fourth-order valence-electron chi connectivity index (χ4n) is 3.25. The smallest absolute Gasteiger partial charge is 0.332 e. The summed E-state index contributed by atoms with van der Waals surface area (Å²) in [5.74, 6) is -3.71. The van der Waals surface area contributed by atoms with Crippen LogP contribution in [-0.4, -0.2) is 73.8 Å². The van der Waals surface area contributed by atoms with E-state index in [1.807, 2.05) is 6.07 Å². The summed E-state index contributed by atoms with van der Waals surface area (Å²) in [7, 11) is 0. The van der Waals surface area contributed by atoms with E-state index >= 15 is 0 Å². The van der Waals surface area contributed by atoms with Crippen molar-refractivity contribution in [1.82, 2.24) is 0 Å². The Labute approximate surface area is 201 Å². The second kappa shape index (κ2) is 13.4. The Morgan fingerprint density at radius 1 is 0.743 bits per heavy atom. The number of carbonyl (C=O) groups is 5. The molecule has 0 unspecified atom stereocenters. The largest absolute Gasteiger partial charge is 0.463 e. The second-order valence-corrected chi connectivity index (χ2v) is 7.52. The molecule has 1 fully saturated rings. The lowest BCUT2D eigenvalue weighted by Gasteiger charge is -2.43. The van der Waals surface area contributed by atoms with Gasteiger partial charge in [-0.3, -0.25) is 19.2 Å². The van der Waals surface area contributed by atoms with E-state index in [0.29, 0.717) is 0 Å². The zero-order valence-electron chi connectivity index (χ0n) is 19.8. The van der Waals surface area contributed by atoms with Gasteiger partial charge in [-0.05, 0) is 5.56 Å². The maximum atomic E-state index is 12.2. The number of esters is 5. The Hall–Kier alpha value is -3.51. The SMILES string of the molecule is CC(=O)OC[C@H]1O[C@@H](OCC(=O)OCc2ccccc2)[C@@H](OC(C)=O)[C@@H](OC(C)=O)[C@@H]1OC(C)=O. The van der Waals surface area contributed by atoms with E-state index in [9.17, 15) is 24.0 Å². The van der Waals surface area contributed by atoms with E-state index < -0.39 is 73.8 Å². The third kappa shape index (κ3) is 9.33. The van der Waals surface area contributed by atoms with Crippen LogP contribution < -0.4 is 0 Å². The molecular formula is C23H28O12. The molecule has 192 valence electrons. The van der Waals surface area contributed by atoms with Gasteiger partial charge in [0.1, 0.15) is 25.9 Å². The van der Waals surface area contributed by atoms with Gasteiger partial charge in [0.2, 0.25) is 0 Å². The minimum absolute atomic E-state index is 0.00159. The first-order valence-corrected chi connectivity index (χ1v) is 10.7. The van der Waals surface area contributed by atoms with Crippen LogP contribution in [-0.2, 0) is 63.7 Å². The highest BCUT2D eigenvalue weighted by atomic mass is 16.7. The van der Waals surface area contributed by atoms with Crippen molar-refractivity contribution in [2.45, 2.75) is 65.0 Å². The molecule has 1 aliphatic rings. The molecular weight excluding hydrogens is 468 g/mol. The molecule has 12 nitrogen and oxygen atoms in total. The lowest BCUT2D eigenvalue weighted by Crippen LogP contribution is -2.63. The number of hydrogen-bond donors (Lipinski definition) is 0. The molecule has 0 radical (unpaired) electrons. The summed E-state index contributed by atoms with van der Waals surface area (Å²) in [6.45, 7) is 3.45. The lowest BCUT2D eigenvalue weighted by atomic mass is 9.98. The summed E-state index contributed by atoms with van der Waals surface area (Å²) in [5, 5.41) is 0. The Kier molecular flexibility index (Phi) is 10.6. The van der Waals surface area contributed by atoms with Crippen LogP contribution in [0.1, 0.15) is 33.3 Å². The van der Waals surface area contributed by atoms with Gasteiger partial charge in [0.05, 0.1) is 0 Å². The van der Waals surface area contributed by atoms with E-state index in [-0.39, 0.29) is 6.61 Å². The van der Waals surface area contributed by atoms with Crippen LogP contribution in [0, 0.1) is 0 Å². The number of benzene rings is 1. The molecule has 0 spiro atoms. The predicted molar refractivity (Wildman–Crippen MR) is 114 cm³/mol. The van der Waals surface area contributed by atoms with Crippen LogP contribution in [0.5, 0.6) is 0 Å². The first-order valence-electron chi connectivity index (χ1n) is 10.7. The highest BCUT2D eigenvalue weighted by Gasteiger charge is 2.52. The molecule has 1 aliphatic heterocycles. The fraction of sp³-hybridized carbons (Fsp3) is 0.522. The van der Waals surface area contributed by atoms with Crippen molar-refractivity contribution in [2.75, 3.05) is 13.2 Å². The van der Waals surface area contributed by atoms with Gasteiger partial charge in [0, 0.05) is 27.7 Å². The summed E-state index contributed by atoms with van der Waals surface area (Å²) >= 11 is 0. The molecule has 0 bridgehead atoms. The standard InChI is InChI=1S/C23H28O12/c1-13(24)29-11-18-20(32-14(2)25)21(33-15(3)26)22(34-16(4)27)23(35-18)31-12-19(28)30-10-17-8-6-5-7-9-17/h5-9,18,20-23H,10-12H2,1-4H3/t18-,20-,21+,22+,23-/m1/s1. The van der Waals surface area contributed by atoms with Crippen molar-refractivity contribution in [2.24, 2.45) is 0 Å². The normalized spacial score (nSPS) is 23.5. The topological polar surface area (TPSA) is 150 Å². The number of hydrogen-bond acceptors (Lipinski definition) is 12. The van der Waals surface area contributed by atoms with E-state index in [4.69, 9.17) is 33.2 Å². The molecule has 12 heteroatoms. The summed E-state index contributed by atoms with van der Waals surface area (Å²) in [4.78, 5) is 58.8. The van der Waals surface area contributed by atoms with Crippen LogP contribution in [0.15, 0.2) is 30.3 Å². The van der Waals surface area contributed by atoms with Gasteiger partial charge in [0.25, 0.3) is 0 Å². The number of ether oxygens (including phenoxy) is 7. The van der Waals surface area contributed by atoms with Gasteiger partial charge >= 0.3 is 29.8 Å². The average Bonchev–Trinajstić information content (AvgIpc) is 2.78. The molecule has 1 saturated heterocycles. The van der Waals surface area contributed by atoms with Gasteiger partial charge in [-0.15, -0.1) is 0 Å². The van der Waals surface area contributed by atoms with Gasteiger partial charge in [-0.25, -0.2) is 4.79 Å². The van der Waals surface area contributed by atoms with Crippen molar-refractivity contribution >= 4 is 29.8 Å².